The second-order valence-corrected chi connectivity index (χ2v) is 9.48. The number of nitrogens with zero attached hydrogens (tertiary/aromatic N) is 2. The number of hydrogen-bond acceptors (Lipinski definition) is 6. The van der Waals surface area contributed by atoms with Gasteiger partial charge in [-0.1, -0.05) is 37.5 Å². The molecule has 0 radical (unpaired) electrons. The summed E-state index contributed by atoms with van der Waals surface area (Å²) in [7, 11) is 3.22. The highest BCUT2D eigenvalue weighted by Crippen LogP contribution is 2.39. The molecule has 3 aromatic rings. The summed E-state index contributed by atoms with van der Waals surface area (Å²) in [6.07, 6.45) is 6.61. The van der Waals surface area contributed by atoms with Gasteiger partial charge >= 0.3 is 0 Å². The zero-order chi connectivity index (χ0) is 23.9. The van der Waals surface area contributed by atoms with Gasteiger partial charge in [0.1, 0.15) is 5.69 Å². The predicted molar refractivity (Wildman–Crippen MR) is 134 cm³/mol. The summed E-state index contributed by atoms with van der Waals surface area (Å²) < 4.78 is 10.7. The Labute approximate surface area is 204 Å². The number of ether oxygens (including phenoxy) is 2. The fraction of sp³-hybridized carbons (Fsp3) is 0.370. The first kappa shape index (κ1) is 23.8. The van der Waals surface area contributed by atoms with Crippen molar-refractivity contribution in [1.29, 1.82) is 5.26 Å². The maximum Gasteiger partial charge on any atom is 0.271 e. The Kier molecular flexibility index (Phi) is 7.81. The molecule has 0 spiro atoms. The van der Waals surface area contributed by atoms with E-state index in [4.69, 9.17) is 19.7 Å². The number of amides is 1. The van der Waals surface area contributed by atoms with Crippen molar-refractivity contribution < 1.29 is 14.3 Å². The van der Waals surface area contributed by atoms with Gasteiger partial charge in [0.25, 0.3) is 5.91 Å². The lowest BCUT2D eigenvalue weighted by Crippen LogP contribution is -2.26. The Bertz CT molecular complexity index is 1170. The molecule has 0 unspecified atom stereocenters. The molecule has 1 heterocycles. The molecule has 1 aromatic heterocycles. The molecule has 1 aliphatic rings. The van der Waals surface area contributed by atoms with Crippen LogP contribution in [0.15, 0.2) is 42.5 Å². The fourth-order valence-electron chi connectivity index (χ4n) is 4.35. The molecule has 1 saturated carbocycles. The summed E-state index contributed by atoms with van der Waals surface area (Å²) in [5, 5.41) is 13.2. The summed E-state index contributed by atoms with van der Waals surface area (Å²) in [6, 6.07) is 15.3. The number of aromatic nitrogens is 1. The molecule has 34 heavy (non-hydrogen) atoms. The summed E-state index contributed by atoms with van der Waals surface area (Å²) in [5.41, 5.74) is 3.04. The normalized spacial score (nSPS) is 13.8. The molecule has 0 saturated heterocycles. The molecule has 2 aromatic carbocycles. The van der Waals surface area contributed by atoms with Crippen LogP contribution in [0.25, 0.3) is 10.4 Å². The van der Waals surface area contributed by atoms with E-state index in [1.807, 2.05) is 30.3 Å². The first-order valence-corrected chi connectivity index (χ1v) is 12.4. The molecule has 1 N–H and O–H groups in total. The quantitative estimate of drug-likeness (QED) is 0.450. The van der Waals surface area contributed by atoms with Crippen LogP contribution < -0.4 is 14.8 Å². The van der Waals surface area contributed by atoms with E-state index in [0.717, 1.165) is 33.9 Å². The highest BCUT2D eigenvalue weighted by atomic mass is 32.1. The minimum atomic E-state index is -0.168. The van der Waals surface area contributed by atoms with E-state index in [9.17, 15) is 4.79 Å². The SMILES string of the molecule is COc1ccc(CCNC(=O)c2nc(C3CCCCC3)sc2-c2ccc(C#N)cc2)cc1OC. The highest BCUT2D eigenvalue weighted by Gasteiger charge is 2.25. The van der Waals surface area contributed by atoms with Crippen molar-refractivity contribution >= 4 is 17.2 Å². The van der Waals surface area contributed by atoms with Crippen LogP contribution in [-0.2, 0) is 6.42 Å². The van der Waals surface area contributed by atoms with Gasteiger partial charge in [-0.05, 0) is 54.7 Å². The number of hydrogen-bond donors (Lipinski definition) is 1. The Morgan fingerprint density at radius 3 is 2.50 bits per heavy atom. The third-order valence-electron chi connectivity index (χ3n) is 6.24. The molecule has 1 aliphatic carbocycles. The minimum absolute atomic E-state index is 0.168. The summed E-state index contributed by atoms with van der Waals surface area (Å²) >= 11 is 1.61. The molecular formula is C27H29N3O3S. The molecule has 0 atom stereocenters. The lowest BCUT2D eigenvalue weighted by molar-refractivity contribution is 0.0950. The Morgan fingerprint density at radius 1 is 1.09 bits per heavy atom. The standard InChI is InChI=1S/C27H29N3O3S/c1-32-22-13-10-18(16-23(22)33-2)14-15-29-26(31)24-25(20-11-8-19(17-28)9-12-20)34-27(30-24)21-6-4-3-5-7-21/h8-13,16,21H,3-7,14-15H2,1-2H3,(H,29,31). The number of carbonyl (C=O) groups excluding carboxylic acids is 1. The van der Waals surface area contributed by atoms with Crippen LogP contribution in [-0.4, -0.2) is 31.7 Å². The van der Waals surface area contributed by atoms with Gasteiger partial charge in [0.2, 0.25) is 0 Å². The number of nitriles is 1. The van der Waals surface area contributed by atoms with E-state index in [2.05, 4.69) is 11.4 Å². The molecule has 0 bridgehead atoms. The van der Waals surface area contributed by atoms with Gasteiger partial charge in [0.15, 0.2) is 11.5 Å². The van der Waals surface area contributed by atoms with Gasteiger partial charge in [-0.15, -0.1) is 11.3 Å². The maximum atomic E-state index is 13.2. The van der Waals surface area contributed by atoms with Gasteiger partial charge in [-0.2, -0.15) is 5.26 Å². The van der Waals surface area contributed by atoms with Crippen molar-refractivity contribution in [2.45, 2.75) is 44.4 Å². The van der Waals surface area contributed by atoms with Crippen molar-refractivity contribution in [3.63, 3.8) is 0 Å². The third kappa shape index (κ3) is 5.40. The first-order chi connectivity index (χ1) is 16.6. The van der Waals surface area contributed by atoms with Gasteiger partial charge < -0.3 is 14.8 Å². The smallest absolute Gasteiger partial charge is 0.271 e. The van der Waals surface area contributed by atoms with Crippen LogP contribution in [0.1, 0.15) is 64.6 Å². The number of nitrogens with one attached hydrogen (secondary N) is 1. The average Bonchev–Trinajstić information content (AvgIpc) is 3.35. The van der Waals surface area contributed by atoms with Gasteiger partial charge in [-0.3, -0.25) is 4.79 Å². The van der Waals surface area contributed by atoms with Crippen molar-refractivity contribution in [1.82, 2.24) is 10.3 Å². The van der Waals surface area contributed by atoms with Crippen LogP contribution in [0.2, 0.25) is 0 Å². The largest absolute Gasteiger partial charge is 0.493 e. The van der Waals surface area contributed by atoms with Crippen LogP contribution >= 0.6 is 11.3 Å². The summed E-state index contributed by atoms with van der Waals surface area (Å²) in [5.74, 6) is 1.61. The van der Waals surface area contributed by atoms with Gasteiger partial charge in [0.05, 0.1) is 35.7 Å². The third-order valence-corrected chi connectivity index (χ3v) is 7.50. The summed E-state index contributed by atoms with van der Waals surface area (Å²) in [4.78, 5) is 18.9. The molecule has 1 amide bonds. The maximum absolute atomic E-state index is 13.2. The minimum Gasteiger partial charge on any atom is -0.493 e. The Morgan fingerprint density at radius 2 is 1.82 bits per heavy atom. The topological polar surface area (TPSA) is 84.2 Å². The number of methoxy groups -OCH3 is 2. The van der Waals surface area contributed by atoms with E-state index in [-0.39, 0.29) is 5.91 Å². The molecule has 4 rings (SSSR count). The van der Waals surface area contributed by atoms with Crippen LogP contribution in [0.4, 0.5) is 0 Å². The van der Waals surface area contributed by atoms with E-state index in [0.29, 0.717) is 41.6 Å². The number of benzene rings is 2. The molecular weight excluding hydrogens is 446 g/mol. The van der Waals surface area contributed by atoms with E-state index in [1.54, 1.807) is 37.7 Å². The lowest BCUT2D eigenvalue weighted by Gasteiger charge is -2.18. The van der Waals surface area contributed by atoms with Crippen molar-refractivity contribution in [2.75, 3.05) is 20.8 Å². The highest BCUT2D eigenvalue weighted by molar-refractivity contribution is 7.15. The first-order valence-electron chi connectivity index (χ1n) is 11.6. The predicted octanol–water partition coefficient (Wildman–Crippen LogP) is 5.72. The summed E-state index contributed by atoms with van der Waals surface area (Å²) in [6.45, 7) is 0.484. The number of rotatable bonds is 8. The zero-order valence-corrected chi connectivity index (χ0v) is 20.4. The van der Waals surface area contributed by atoms with Crippen molar-refractivity contribution in [3.8, 4) is 28.0 Å². The second kappa shape index (κ2) is 11.2. The van der Waals surface area contributed by atoms with Gasteiger partial charge in [-0.25, -0.2) is 4.98 Å². The van der Waals surface area contributed by atoms with Gasteiger partial charge in [0, 0.05) is 12.5 Å². The molecule has 1 fully saturated rings. The molecule has 7 heteroatoms. The second-order valence-electron chi connectivity index (χ2n) is 8.45. The van der Waals surface area contributed by atoms with E-state index >= 15 is 0 Å². The van der Waals surface area contributed by atoms with E-state index in [1.165, 1.54) is 19.3 Å². The number of thiazole rings is 1. The van der Waals surface area contributed by atoms with E-state index < -0.39 is 0 Å². The van der Waals surface area contributed by atoms with Crippen molar-refractivity contribution in [3.05, 3.63) is 64.3 Å². The monoisotopic (exact) mass is 475 g/mol. The average molecular weight is 476 g/mol. The zero-order valence-electron chi connectivity index (χ0n) is 19.6. The van der Waals surface area contributed by atoms with Crippen LogP contribution in [0, 0.1) is 11.3 Å². The van der Waals surface area contributed by atoms with Crippen LogP contribution in [0.5, 0.6) is 11.5 Å². The van der Waals surface area contributed by atoms with Crippen molar-refractivity contribution in [2.24, 2.45) is 0 Å². The Balaban J connectivity index is 1.52. The number of carbonyl (C=O) groups is 1. The van der Waals surface area contributed by atoms with Crippen LogP contribution in [0.3, 0.4) is 0 Å². The molecule has 176 valence electrons. The fourth-order valence-corrected chi connectivity index (χ4v) is 5.58. The molecule has 6 nitrogen and oxygen atoms in total. The molecule has 0 aliphatic heterocycles. The Hall–Kier alpha value is -3.37. The lowest BCUT2D eigenvalue weighted by atomic mass is 9.90.